The number of tetrazole rings is 1. The van der Waals surface area contributed by atoms with Crippen LogP contribution in [0.15, 0.2) is 63.8 Å². The van der Waals surface area contributed by atoms with Crippen LogP contribution < -0.4 is 4.74 Å². The van der Waals surface area contributed by atoms with E-state index in [0.29, 0.717) is 12.4 Å². The molecule has 0 saturated heterocycles. The van der Waals surface area contributed by atoms with E-state index in [0.717, 1.165) is 31.6 Å². The van der Waals surface area contributed by atoms with Crippen molar-refractivity contribution < 1.29 is 4.74 Å². The van der Waals surface area contributed by atoms with Crippen molar-refractivity contribution in [3.05, 3.63) is 69.4 Å². The molecule has 0 aliphatic carbocycles. The molecule has 0 aliphatic heterocycles. The van der Waals surface area contributed by atoms with Crippen molar-refractivity contribution in [3.63, 3.8) is 0 Å². The second-order valence-corrected chi connectivity index (χ2v) is 7.31. The number of hydrogen-bond donors (Lipinski definition) is 0. The molecule has 4 aromatic rings. The van der Waals surface area contributed by atoms with Gasteiger partial charge < -0.3 is 4.74 Å². The van der Waals surface area contributed by atoms with E-state index < -0.39 is 0 Å². The monoisotopic (exact) mass is 488 g/mol. The van der Waals surface area contributed by atoms with Gasteiger partial charge in [-0.3, -0.25) is 0 Å². The molecule has 0 radical (unpaired) electrons. The number of methoxy groups -OCH3 is 1. The summed E-state index contributed by atoms with van der Waals surface area (Å²) in [5, 5.41) is 17.2. The van der Waals surface area contributed by atoms with Crippen LogP contribution >= 0.6 is 31.9 Å². The lowest BCUT2D eigenvalue weighted by Gasteiger charge is -2.05. The Kier molecular flexibility index (Phi) is 5.04. The fourth-order valence-corrected chi connectivity index (χ4v) is 3.60. The van der Waals surface area contributed by atoms with Crippen molar-refractivity contribution in [1.29, 1.82) is 0 Å². The highest BCUT2D eigenvalue weighted by molar-refractivity contribution is 9.11. The third-order valence-corrected chi connectivity index (χ3v) is 5.40. The molecule has 0 amide bonds. The molecular weight excluding hydrogens is 476 g/mol. The van der Waals surface area contributed by atoms with Crippen LogP contribution in [-0.4, -0.2) is 37.1 Å². The zero-order valence-electron chi connectivity index (χ0n) is 14.3. The highest BCUT2D eigenvalue weighted by atomic mass is 79.9. The summed E-state index contributed by atoms with van der Waals surface area (Å²) in [7, 11) is 1.65. The normalized spacial score (nSPS) is 10.9. The Morgan fingerprint density at radius 3 is 2.56 bits per heavy atom. The number of hydrogen-bond acceptors (Lipinski definition) is 5. The summed E-state index contributed by atoms with van der Waals surface area (Å²) < 4.78 is 8.66. The quantitative estimate of drug-likeness (QED) is 0.422. The van der Waals surface area contributed by atoms with Crippen LogP contribution in [0.5, 0.6) is 5.75 Å². The van der Waals surface area contributed by atoms with Crippen LogP contribution in [0, 0.1) is 0 Å². The SMILES string of the molecule is COc1ccc(Cn2nnc(-c3cnn(-c4ccccc4Br)c3Br)n2)cc1. The zero-order chi connectivity index (χ0) is 18.8. The maximum Gasteiger partial charge on any atom is 0.209 e. The van der Waals surface area contributed by atoms with E-state index in [1.165, 1.54) is 0 Å². The summed E-state index contributed by atoms with van der Waals surface area (Å²) in [6, 6.07) is 15.6. The molecule has 0 saturated carbocycles. The maximum atomic E-state index is 5.17. The minimum atomic E-state index is 0.508. The van der Waals surface area contributed by atoms with Gasteiger partial charge in [-0.1, -0.05) is 24.3 Å². The fourth-order valence-electron chi connectivity index (χ4n) is 2.59. The van der Waals surface area contributed by atoms with Gasteiger partial charge in [0.2, 0.25) is 5.82 Å². The summed E-state index contributed by atoms with van der Waals surface area (Å²) >= 11 is 7.15. The van der Waals surface area contributed by atoms with E-state index in [1.807, 2.05) is 48.5 Å². The molecular formula is C18H14Br2N6O. The molecule has 0 atom stereocenters. The number of halogens is 2. The largest absolute Gasteiger partial charge is 0.497 e. The number of para-hydroxylation sites is 1. The van der Waals surface area contributed by atoms with Gasteiger partial charge in [0, 0.05) is 4.47 Å². The van der Waals surface area contributed by atoms with Crippen LogP contribution in [0.4, 0.5) is 0 Å². The predicted molar refractivity (Wildman–Crippen MR) is 108 cm³/mol. The molecule has 2 aromatic carbocycles. The molecule has 0 spiro atoms. The average Bonchev–Trinajstić information content (AvgIpc) is 3.29. The van der Waals surface area contributed by atoms with Crippen molar-refractivity contribution in [3.8, 4) is 22.8 Å². The number of nitrogens with zero attached hydrogens (tertiary/aromatic N) is 6. The predicted octanol–water partition coefficient (Wildman–Crippen LogP) is 4.11. The van der Waals surface area contributed by atoms with Gasteiger partial charge in [-0.15, -0.1) is 10.2 Å². The molecule has 0 unspecified atom stereocenters. The molecule has 27 heavy (non-hydrogen) atoms. The topological polar surface area (TPSA) is 70.7 Å². The zero-order valence-corrected chi connectivity index (χ0v) is 17.4. The van der Waals surface area contributed by atoms with Crippen LogP contribution in [0.25, 0.3) is 17.1 Å². The van der Waals surface area contributed by atoms with Crippen molar-refractivity contribution in [2.75, 3.05) is 7.11 Å². The Labute approximate surface area is 172 Å². The van der Waals surface area contributed by atoms with Crippen LogP contribution in [0.2, 0.25) is 0 Å². The smallest absolute Gasteiger partial charge is 0.209 e. The van der Waals surface area contributed by atoms with Gasteiger partial charge in [-0.2, -0.15) is 9.90 Å². The van der Waals surface area contributed by atoms with Gasteiger partial charge in [0.25, 0.3) is 0 Å². The first-order chi connectivity index (χ1) is 13.2. The van der Waals surface area contributed by atoms with E-state index in [4.69, 9.17) is 4.74 Å². The van der Waals surface area contributed by atoms with Gasteiger partial charge in [0.15, 0.2) is 0 Å². The molecule has 2 aromatic heterocycles. The van der Waals surface area contributed by atoms with Crippen LogP contribution in [0.1, 0.15) is 5.56 Å². The van der Waals surface area contributed by atoms with E-state index in [1.54, 1.807) is 22.8 Å². The molecule has 7 nitrogen and oxygen atoms in total. The third kappa shape index (κ3) is 3.65. The van der Waals surface area contributed by atoms with E-state index in [-0.39, 0.29) is 0 Å². The fraction of sp³-hybridized carbons (Fsp3) is 0.111. The molecule has 2 heterocycles. The van der Waals surface area contributed by atoms with E-state index in [2.05, 4.69) is 52.4 Å². The maximum absolute atomic E-state index is 5.17. The Morgan fingerprint density at radius 2 is 1.81 bits per heavy atom. The first-order valence-electron chi connectivity index (χ1n) is 8.05. The highest BCUT2D eigenvalue weighted by Gasteiger charge is 2.17. The molecule has 0 aliphatic rings. The second-order valence-electron chi connectivity index (χ2n) is 5.70. The number of rotatable bonds is 5. The lowest BCUT2D eigenvalue weighted by Crippen LogP contribution is -2.04. The average molecular weight is 490 g/mol. The minimum absolute atomic E-state index is 0.508. The van der Waals surface area contributed by atoms with Crippen LogP contribution in [0.3, 0.4) is 0 Å². The van der Waals surface area contributed by atoms with Gasteiger partial charge >= 0.3 is 0 Å². The lowest BCUT2D eigenvalue weighted by molar-refractivity contribution is 0.414. The first kappa shape index (κ1) is 17.9. The van der Waals surface area contributed by atoms with Crippen molar-refractivity contribution in [2.45, 2.75) is 6.54 Å². The van der Waals surface area contributed by atoms with Gasteiger partial charge in [0.05, 0.1) is 31.1 Å². The van der Waals surface area contributed by atoms with Crippen LogP contribution in [-0.2, 0) is 6.54 Å². The summed E-state index contributed by atoms with van der Waals surface area (Å²) in [6.45, 7) is 0.521. The lowest BCUT2D eigenvalue weighted by atomic mass is 10.2. The molecule has 0 bridgehead atoms. The highest BCUT2D eigenvalue weighted by Crippen LogP contribution is 2.30. The summed E-state index contributed by atoms with van der Waals surface area (Å²) in [5.74, 6) is 1.32. The van der Waals surface area contributed by atoms with Crippen molar-refractivity contribution in [1.82, 2.24) is 30.0 Å². The summed E-state index contributed by atoms with van der Waals surface area (Å²) in [6.07, 6.45) is 1.72. The summed E-state index contributed by atoms with van der Waals surface area (Å²) in [4.78, 5) is 1.55. The molecule has 4 rings (SSSR count). The molecule has 0 N–H and O–H groups in total. The Balaban J connectivity index is 1.59. The molecule has 0 fully saturated rings. The number of aromatic nitrogens is 6. The Bertz CT molecular complexity index is 1070. The van der Waals surface area contributed by atoms with E-state index >= 15 is 0 Å². The second kappa shape index (κ2) is 7.61. The number of ether oxygens (including phenoxy) is 1. The van der Waals surface area contributed by atoms with Crippen molar-refractivity contribution in [2.24, 2.45) is 0 Å². The van der Waals surface area contributed by atoms with Crippen molar-refractivity contribution >= 4 is 31.9 Å². The molecule has 136 valence electrons. The molecule has 9 heteroatoms. The van der Waals surface area contributed by atoms with Gasteiger partial charge in [-0.25, -0.2) is 4.68 Å². The van der Waals surface area contributed by atoms with Gasteiger partial charge in [0.1, 0.15) is 10.4 Å². The Hall–Kier alpha value is -2.52. The summed E-state index contributed by atoms with van der Waals surface area (Å²) in [5.41, 5.74) is 2.75. The van der Waals surface area contributed by atoms with Gasteiger partial charge in [-0.05, 0) is 66.9 Å². The minimum Gasteiger partial charge on any atom is -0.497 e. The Morgan fingerprint density at radius 1 is 1.04 bits per heavy atom. The number of benzene rings is 2. The first-order valence-corrected chi connectivity index (χ1v) is 9.64. The third-order valence-electron chi connectivity index (χ3n) is 3.97. The van der Waals surface area contributed by atoms with E-state index in [9.17, 15) is 0 Å². The standard InChI is InChI=1S/C18H14Br2N6O/c1-27-13-8-6-12(7-9-13)11-25-23-18(22-24-25)14-10-21-26(17(14)20)16-5-3-2-4-15(16)19/h2-10H,11H2,1H3.